The third-order valence-electron chi connectivity index (χ3n) is 4.54. The second kappa shape index (κ2) is 7.55. The summed E-state index contributed by atoms with van der Waals surface area (Å²) in [5.41, 5.74) is 1.16. The van der Waals surface area contributed by atoms with Gasteiger partial charge in [-0.3, -0.25) is 4.79 Å². The number of nitrogens with one attached hydrogen (secondary N) is 1. The Balaban J connectivity index is 1.69. The zero-order valence-electron chi connectivity index (χ0n) is 14.5. The first-order valence-corrected chi connectivity index (χ1v) is 9.98. The van der Waals surface area contributed by atoms with Gasteiger partial charge in [0, 0.05) is 18.7 Å². The average Bonchev–Trinajstić information content (AvgIpc) is 3.18. The molecule has 5 nitrogen and oxygen atoms in total. The van der Waals surface area contributed by atoms with Crippen molar-refractivity contribution in [3.8, 4) is 0 Å². The summed E-state index contributed by atoms with van der Waals surface area (Å²) in [6.07, 6.45) is 1.75. The molecule has 0 saturated carbocycles. The zero-order chi connectivity index (χ0) is 18.7. The fourth-order valence-electron chi connectivity index (χ4n) is 2.97. The lowest BCUT2D eigenvalue weighted by Crippen LogP contribution is -2.28. The van der Waals surface area contributed by atoms with Crippen LogP contribution in [0.3, 0.4) is 0 Å². The van der Waals surface area contributed by atoms with Gasteiger partial charge in [0.15, 0.2) is 0 Å². The minimum atomic E-state index is -3.49. The van der Waals surface area contributed by atoms with Crippen LogP contribution in [0.25, 0.3) is 0 Å². The average molecular weight is 376 g/mol. The number of carbonyl (C=O) groups excluding carboxylic acids is 1. The highest BCUT2D eigenvalue weighted by Gasteiger charge is 2.27. The molecule has 2 aromatic rings. The van der Waals surface area contributed by atoms with E-state index in [9.17, 15) is 17.6 Å². The smallest absolute Gasteiger partial charge is 0.251 e. The molecule has 2 aromatic carbocycles. The number of halogens is 1. The van der Waals surface area contributed by atoms with E-state index in [1.165, 1.54) is 40.7 Å². The van der Waals surface area contributed by atoms with Crippen LogP contribution in [-0.4, -0.2) is 31.7 Å². The fraction of sp³-hybridized carbons (Fsp3) is 0.316. The quantitative estimate of drug-likeness (QED) is 0.872. The van der Waals surface area contributed by atoms with Crippen molar-refractivity contribution in [3.05, 3.63) is 65.5 Å². The molecule has 26 heavy (non-hydrogen) atoms. The van der Waals surface area contributed by atoms with E-state index in [4.69, 9.17) is 0 Å². The van der Waals surface area contributed by atoms with E-state index in [-0.39, 0.29) is 22.7 Å². The van der Waals surface area contributed by atoms with E-state index in [2.05, 4.69) is 5.32 Å². The highest BCUT2D eigenvalue weighted by Crippen LogP contribution is 2.21. The molecule has 0 aliphatic carbocycles. The third kappa shape index (κ3) is 3.94. The molecule has 1 unspecified atom stereocenters. The van der Waals surface area contributed by atoms with Crippen LogP contribution in [0.1, 0.15) is 41.7 Å². The van der Waals surface area contributed by atoms with Crippen LogP contribution < -0.4 is 5.32 Å². The highest BCUT2D eigenvalue weighted by molar-refractivity contribution is 7.89. The van der Waals surface area contributed by atoms with Crippen LogP contribution >= 0.6 is 0 Å². The van der Waals surface area contributed by atoms with Crippen LogP contribution in [0.5, 0.6) is 0 Å². The summed E-state index contributed by atoms with van der Waals surface area (Å²) in [5.74, 6) is -0.644. The summed E-state index contributed by atoms with van der Waals surface area (Å²) in [6, 6.07) is 11.6. The Morgan fingerprint density at radius 3 is 2.19 bits per heavy atom. The summed E-state index contributed by atoms with van der Waals surface area (Å²) in [5, 5.41) is 2.82. The van der Waals surface area contributed by atoms with Gasteiger partial charge in [-0.25, -0.2) is 12.8 Å². The summed E-state index contributed by atoms with van der Waals surface area (Å²) in [6.45, 7) is 2.89. The molecule has 3 rings (SSSR count). The number of hydrogen-bond acceptors (Lipinski definition) is 3. The Labute approximate surface area is 152 Å². The number of benzene rings is 2. The van der Waals surface area contributed by atoms with Gasteiger partial charge in [-0.15, -0.1) is 0 Å². The van der Waals surface area contributed by atoms with E-state index in [1.54, 1.807) is 19.1 Å². The van der Waals surface area contributed by atoms with E-state index in [0.717, 1.165) is 18.4 Å². The maximum absolute atomic E-state index is 13.0. The second-order valence-electron chi connectivity index (χ2n) is 6.38. The minimum absolute atomic E-state index is 0.197. The molecular formula is C19H21FN2O3S. The molecule has 0 aromatic heterocycles. The Hall–Kier alpha value is -2.25. The predicted octanol–water partition coefficient (Wildman–Crippen LogP) is 3.10. The largest absolute Gasteiger partial charge is 0.346 e. The van der Waals surface area contributed by atoms with Crippen molar-refractivity contribution in [2.45, 2.75) is 30.7 Å². The zero-order valence-corrected chi connectivity index (χ0v) is 15.3. The van der Waals surface area contributed by atoms with E-state index in [1.807, 2.05) is 0 Å². The molecular weight excluding hydrogens is 355 g/mol. The molecule has 1 fully saturated rings. The van der Waals surface area contributed by atoms with Crippen molar-refractivity contribution in [1.29, 1.82) is 0 Å². The number of sulfonamides is 1. The Morgan fingerprint density at radius 1 is 1.04 bits per heavy atom. The third-order valence-corrected chi connectivity index (χ3v) is 6.45. The van der Waals surface area contributed by atoms with Crippen LogP contribution in [0, 0.1) is 5.82 Å². The maximum Gasteiger partial charge on any atom is 0.251 e. The van der Waals surface area contributed by atoms with Gasteiger partial charge in [-0.1, -0.05) is 12.1 Å². The van der Waals surface area contributed by atoms with Crippen molar-refractivity contribution < 1.29 is 17.6 Å². The first kappa shape index (κ1) is 18.5. The van der Waals surface area contributed by atoms with Crippen molar-refractivity contribution in [3.63, 3.8) is 0 Å². The summed E-state index contributed by atoms with van der Waals surface area (Å²) in [7, 11) is -3.49. The van der Waals surface area contributed by atoms with Crippen LogP contribution in [0.2, 0.25) is 0 Å². The molecule has 7 heteroatoms. The number of carbonyl (C=O) groups is 1. The van der Waals surface area contributed by atoms with Gasteiger partial charge in [0.2, 0.25) is 10.0 Å². The van der Waals surface area contributed by atoms with Crippen LogP contribution in [0.15, 0.2) is 53.4 Å². The van der Waals surface area contributed by atoms with E-state index < -0.39 is 10.0 Å². The highest BCUT2D eigenvalue weighted by atomic mass is 32.2. The topological polar surface area (TPSA) is 66.5 Å². The predicted molar refractivity (Wildman–Crippen MR) is 96.7 cm³/mol. The van der Waals surface area contributed by atoms with Gasteiger partial charge in [0.1, 0.15) is 5.82 Å². The van der Waals surface area contributed by atoms with Gasteiger partial charge in [0.25, 0.3) is 5.91 Å². The molecule has 1 heterocycles. The first-order valence-electron chi connectivity index (χ1n) is 8.54. The summed E-state index contributed by atoms with van der Waals surface area (Å²) in [4.78, 5) is 12.6. The molecule has 1 amide bonds. The molecule has 1 aliphatic heterocycles. The van der Waals surface area contributed by atoms with Crippen LogP contribution in [0.4, 0.5) is 4.39 Å². The molecule has 1 saturated heterocycles. The molecule has 0 spiro atoms. The van der Waals surface area contributed by atoms with Crippen molar-refractivity contribution in [1.82, 2.24) is 9.62 Å². The number of nitrogens with zero attached hydrogens (tertiary/aromatic N) is 1. The van der Waals surface area contributed by atoms with Gasteiger partial charge in [-0.2, -0.15) is 4.31 Å². The van der Waals surface area contributed by atoms with E-state index in [0.29, 0.717) is 18.7 Å². The Morgan fingerprint density at radius 2 is 1.62 bits per heavy atom. The van der Waals surface area contributed by atoms with Crippen molar-refractivity contribution >= 4 is 15.9 Å². The SMILES string of the molecule is CC(NC(=O)c1ccc(S(=O)(=O)N2CCCC2)cc1)c1ccc(F)cc1. The first-order chi connectivity index (χ1) is 12.4. The van der Waals surface area contributed by atoms with Gasteiger partial charge in [0.05, 0.1) is 10.9 Å². The maximum atomic E-state index is 13.0. The van der Waals surface area contributed by atoms with Crippen molar-refractivity contribution in [2.24, 2.45) is 0 Å². The summed E-state index contributed by atoms with van der Waals surface area (Å²) >= 11 is 0. The minimum Gasteiger partial charge on any atom is -0.346 e. The van der Waals surface area contributed by atoms with Gasteiger partial charge < -0.3 is 5.32 Å². The fourth-order valence-corrected chi connectivity index (χ4v) is 4.49. The Bertz CT molecular complexity index is 874. The molecule has 138 valence electrons. The Kier molecular flexibility index (Phi) is 5.38. The van der Waals surface area contributed by atoms with Crippen LogP contribution in [-0.2, 0) is 10.0 Å². The normalized spacial score (nSPS) is 16.4. The number of hydrogen-bond donors (Lipinski definition) is 1. The molecule has 0 bridgehead atoms. The molecule has 1 aliphatic rings. The summed E-state index contributed by atoms with van der Waals surface area (Å²) < 4.78 is 39.5. The molecule has 1 N–H and O–H groups in total. The molecule has 1 atom stereocenters. The second-order valence-corrected chi connectivity index (χ2v) is 8.32. The molecule has 0 radical (unpaired) electrons. The monoisotopic (exact) mass is 376 g/mol. The lowest BCUT2D eigenvalue weighted by atomic mass is 10.1. The van der Waals surface area contributed by atoms with Gasteiger partial charge >= 0.3 is 0 Å². The lowest BCUT2D eigenvalue weighted by Gasteiger charge is -2.16. The number of rotatable bonds is 5. The van der Waals surface area contributed by atoms with Crippen molar-refractivity contribution in [2.75, 3.05) is 13.1 Å². The lowest BCUT2D eigenvalue weighted by molar-refractivity contribution is 0.0940. The van der Waals surface area contributed by atoms with Gasteiger partial charge in [-0.05, 0) is 61.7 Å². The number of amides is 1. The standard InChI is InChI=1S/C19H21FN2O3S/c1-14(15-4-8-17(20)9-5-15)21-19(23)16-6-10-18(11-7-16)26(24,25)22-12-2-3-13-22/h4-11,14H,2-3,12-13H2,1H3,(H,21,23). The van der Waals surface area contributed by atoms with E-state index >= 15 is 0 Å².